The highest BCUT2D eigenvalue weighted by atomic mass is 32.1. The predicted molar refractivity (Wildman–Crippen MR) is 73.9 cm³/mol. The lowest BCUT2D eigenvalue weighted by atomic mass is 10.2. The van der Waals surface area contributed by atoms with E-state index >= 15 is 0 Å². The first-order valence-corrected chi connectivity index (χ1v) is 7.09. The molecule has 1 amide bonds. The summed E-state index contributed by atoms with van der Waals surface area (Å²) < 4.78 is 0. The van der Waals surface area contributed by atoms with Crippen LogP contribution in [-0.2, 0) is 0 Å². The Hall–Kier alpha value is -1.40. The Morgan fingerprint density at radius 1 is 1.47 bits per heavy atom. The van der Waals surface area contributed by atoms with Crippen LogP contribution in [0.4, 0.5) is 0 Å². The van der Waals surface area contributed by atoms with Crippen molar-refractivity contribution in [1.82, 2.24) is 9.80 Å². The Morgan fingerprint density at radius 3 is 2.68 bits per heavy atom. The van der Waals surface area contributed by atoms with E-state index in [1.165, 1.54) is 12.5 Å². The summed E-state index contributed by atoms with van der Waals surface area (Å²) in [6, 6.07) is 3.48. The number of carbonyl (C=O) groups is 2. The van der Waals surface area contributed by atoms with E-state index in [0.717, 1.165) is 24.3 Å². The van der Waals surface area contributed by atoms with Crippen molar-refractivity contribution in [1.29, 1.82) is 0 Å². The first-order valence-electron chi connectivity index (χ1n) is 6.28. The number of likely N-dealkylation sites (tertiary alicyclic amines) is 1. The number of carbonyl (C=O) groups excluding carboxylic acids is 1. The van der Waals surface area contributed by atoms with Crippen molar-refractivity contribution in [2.24, 2.45) is 0 Å². The second kappa shape index (κ2) is 5.71. The average Bonchev–Trinajstić information content (AvgIpc) is 2.98. The van der Waals surface area contributed by atoms with Gasteiger partial charge in [-0.25, -0.2) is 4.79 Å². The third-order valence-electron chi connectivity index (χ3n) is 3.53. The van der Waals surface area contributed by atoms with Crippen LogP contribution in [0.15, 0.2) is 12.1 Å². The normalized spacial score (nSPS) is 19.6. The summed E-state index contributed by atoms with van der Waals surface area (Å²) in [6.07, 6.45) is 2.28. The third kappa shape index (κ3) is 3.13. The molecule has 0 radical (unpaired) electrons. The molecule has 1 N–H and O–H groups in total. The van der Waals surface area contributed by atoms with Crippen molar-refractivity contribution >= 4 is 23.2 Å². The molecular weight excluding hydrogens is 264 g/mol. The summed E-state index contributed by atoms with van der Waals surface area (Å²) in [5, 5.41) is 8.86. The van der Waals surface area contributed by atoms with Gasteiger partial charge in [0.15, 0.2) is 0 Å². The molecule has 5 nitrogen and oxygen atoms in total. The van der Waals surface area contributed by atoms with Crippen molar-refractivity contribution in [3.63, 3.8) is 0 Å². The minimum atomic E-state index is -0.984. The molecule has 2 rings (SSSR count). The molecule has 19 heavy (non-hydrogen) atoms. The molecule has 6 heteroatoms. The zero-order valence-electron chi connectivity index (χ0n) is 11.1. The summed E-state index contributed by atoms with van der Waals surface area (Å²) >= 11 is 1.03. The van der Waals surface area contributed by atoms with Crippen LogP contribution in [0.25, 0.3) is 0 Å². The maximum atomic E-state index is 12.2. The van der Waals surface area contributed by atoms with E-state index < -0.39 is 5.97 Å². The Labute approximate surface area is 116 Å². The number of hydrogen-bond donors (Lipinski definition) is 1. The number of carboxylic acid groups (broad SMARTS) is 1. The van der Waals surface area contributed by atoms with E-state index in [0.29, 0.717) is 17.5 Å². The predicted octanol–water partition coefficient (Wildman–Crippen LogP) is 1.61. The average molecular weight is 282 g/mol. The molecule has 0 aliphatic carbocycles. The topological polar surface area (TPSA) is 60.9 Å². The smallest absolute Gasteiger partial charge is 0.345 e. The van der Waals surface area contributed by atoms with E-state index in [4.69, 9.17) is 5.11 Å². The third-order valence-corrected chi connectivity index (χ3v) is 4.59. The van der Waals surface area contributed by atoms with Crippen LogP contribution in [0.2, 0.25) is 0 Å². The van der Waals surface area contributed by atoms with Gasteiger partial charge in [-0.1, -0.05) is 0 Å². The number of nitrogens with zero attached hydrogens (tertiary/aromatic N) is 2. The van der Waals surface area contributed by atoms with Crippen LogP contribution in [-0.4, -0.2) is 60.0 Å². The summed E-state index contributed by atoms with van der Waals surface area (Å²) in [6.45, 7) is 1.77. The number of aromatic carboxylic acids is 1. The highest BCUT2D eigenvalue weighted by Crippen LogP contribution is 2.20. The van der Waals surface area contributed by atoms with Gasteiger partial charge in [0.2, 0.25) is 0 Å². The van der Waals surface area contributed by atoms with Crippen LogP contribution in [0.3, 0.4) is 0 Å². The number of thiophene rings is 1. The van der Waals surface area contributed by atoms with Crippen LogP contribution >= 0.6 is 11.3 Å². The largest absolute Gasteiger partial charge is 0.477 e. The highest BCUT2D eigenvalue weighted by molar-refractivity contribution is 7.15. The zero-order chi connectivity index (χ0) is 14.0. The van der Waals surface area contributed by atoms with Crippen LogP contribution in [0.5, 0.6) is 0 Å². The van der Waals surface area contributed by atoms with E-state index in [2.05, 4.69) is 11.9 Å². The maximum Gasteiger partial charge on any atom is 0.345 e. The molecule has 1 aliphatic heterocycles. The van der Waals surface area contributed by atoms with Gasteiger partial charge in [-0.2, -0.15) is 0 Å². The molecule has 1 aromatic heterocycles. The molecule has 0 bridgehead atoms. The molecule has 0 saturated carbocycles. The monoisotopic (exact) mass is 282 g/mol. The Morgan fingerprint density at radius 2 is 2.16 bits per heavy atom. The molecule has 1 atom stereocenters. The molecule has 2 heterocycles. The number of likely N-dealkylation sites (N-methyl/N-ethyl adjacent to an activating group) is 2. The van der Waals surface area contributed by atoms with Gasteiger partial charge in [-0.05, 0) is 38.6 Å². The molecule has 0 aromatic carbocycles. The van der Waals surface area contributed by atoms with Crippen molar-refractivity contribution < 1.29 is 14.7 Å². The fourth-order valence-electron chi connectivity index (χ4n) is 2.36. The van der Waals surface area contributed by atoms with Gasteiger partial charge in [0.25, 0.3) is 5.91 Å². The second-order valence-corrected chi connectivity index (χ2v) is 6.02. The lowest BCUT2D eigenvalue weighted by Crippen LogP contribution is -2.39. The van der Waals surface area contributed by atoms with Crippen molar-refractivity contribution in [2.75, 3.05) is 27.2 Å². The summed E-state index contributed by atoms with van der Waals surface area (Å²) in [5.74, 6) is -1.08. The van der Waals surface area contributed by atoms with Crippen molar-refractivity contribution in [2.45, 2.75) is 18.9 Å². The van der Waals surface area contributed by atoms with Gasteiger partial charge in [0.1, 0.15) is 4.88 Å². The Bertz CT molecular complexity index is 486. The van der Waals surface area contributed by atoms with Crippen LogP contribution in [0, 0.1) is 0 Å². The first-order chi connectivity index (χ1) is 8.99. The van der Waals surface area contributed by atoms with E-state index in [1.807, 2.05) is 0 Å². The SMILES string of the molecule is CN(CC1CCCN1C)C(=O)c1ccc(C(=O)O)s1. The fourth-order valence-corrected chi connectivity index (χ4v) is 3.20. The van der Waals surface area contributed by atoms with E-state index in [9.17, 15) is 9.59 Å². The molecule has 1 unspecified atom stereocenters. The Kier molecular flexibility index (Phi) is 4.21. The second-order valence-electron chi connectivity index (χ2n) is 4.93. The zero-order valence-corrected chi connectivity index (χ0v) is 11.9. The summed E-state index contributed by atoms with van der Waals surface area (Å²) in [4.78, 5) is 27.6. The van der Waals surface area contributed by atoms with Gasteiger partial charge in [-0.15, -0.1) is 11.3 Å². The van der Waals surface area contributed by atoms with E-state index in [-0.39, 0.29) is 10.8 Å². The van der Waals surface area contributed by atoms with Crippen molar-refractivity contribution in [3.8, 4) is 0 Å². The lowest BCUT2D eigenvalue weighted by Gasteiger charge is -2.25. The van der Waals surface area contributed by atoms with Gasteiger partial charge < -0.3 is 14.9 Å². The first kappa shape index (κ1) is 14.0. The summed E-state index contributed by atoms with van der Waals surface area (Å²) in [5.41, 5.74) is 0. The standard InChI is InChI=1S/C13H18N2O3S/c1-14-7-3-4-9(14)8-15(2)12(16)10-5-6-11(19-10)13(17)18/h5-6,9H,3-4,7-8H2,1-2H3,(H,17,18). The molecule has 1 saturated heterocycles. The minimum Gasteiger partial charge on any atom is -0.477 e. The molecule has 1 aromatic rings. The minimum absolute atomic E-state index is 0.0993. The lowest BCUT2D eigenvalue weighted by molar-refractivity contribution is 0.0701. The molecule has 104 valence electrons. The highest BCUT2D eigenvalue weighted by Gasteiger charge is 2.25. The van der Waals surface area contributed by atoms with Crippen LogP contribution in [0.1, 0.15) is 32.2 Å². The summed E-state index contributed by atoms with van der Waals surface area (Å²) in [7, 11) is 3.85. The number of carboxylic acids is 1. The number of amides is 1. The van der Waals surface area contributed by atoms with Gasteiger partial charge in [0, 0.05) is 19.6 Å². The molecule has 1 aliphatic rings. The van der Waals surface area contributed by atoms with Crippen molar-refractivity contribution in [3.05, 3.63) is 21.9 Å². The van der Waals surface area contributed by atoms with Crippen LogP contribution < -0.4 is 0 Å². The van der Waals surface area contributed by atoms with Gasteiger partial charge in [-0.3, -0.25) is 4.79 Å². The number of rotatable bonds is 4. The molecular formula is C13H18N2O3S. The fraction of sp³-hybridized carbons (Fsp3) is 0.538. The molecule has 1 fully saturated rings. The van der Waals surface area contributed by atoms with Gasteiger partial charge >= 0.3 is 5.97 Å². The van der Waals surface area contributed by atoms with E-state index in [1.54, 1.807) is 18.0 Å². The quantitative estimate of drug-likeness (QED) is 0.911. The molecule has 0 spiro atoms. The maximum absolute atomic E-state index is 12.2. The Balaban J connectivity index is 1.99. The number of hydrogen-bond acceptors (Lipinski definition) is 4. The van der Waals surface area contributed by atoms with Gasteiger partial charge in [0.05, 0.1) is 4.88 Å².